The molecule has 0 radical (unpaired) electrons. The Balaban J connectivity index is 2.11. The van der Waals surface area contributed by atoms with Crippen LogP contribution >= 0.6 is 0 Å². The van der Waals surface area contributed by atoms with Crippen molar-refractivity contribution < 1.29 is 17.9 Å². The van der Waals surface area contributed by atoms with Gasteiger partial charge in [-0.1, -0.05) is 6.07 Å². The molecule has 21 heavy (non-hydrogen) atoms. The minimum absolute atomic E-state index is 0.248. The van der Waals surface area contributed by atoms with Crippen molar-refractivity contribution in [3.8, 4) is 0 Å². The number of esters is 1. The van der Waals surface area contributed by atoms with Crippen molar-refractivity contribution in [3.63, 3.8) is 0 Å². The summed E-state index contributed by atoms with van der Waals surface area (Å²) in [5, 5.41) is 2.65. The lowest BCUT2D eigenvalue weighted by atomic mass is 10.1. The van der Waals surface area contributed by atoms with E-state index in [0.29, 0.717) is 25.1 Å². The average molecular weight is 312 g/mol. The smallest absolute Gasteiger partial charge is 0.340 e. The van der Waals surface area contributed by atoms with Gasteiger partial charge in [-0.15, -0.1) is 0 Å². The largest absolute Gasteiger partial charge is 0.462 e. The van der Waals surface area contributed by atoms with E-state index in [9.17, 15) is 13.2 Å². The quantitative estimate of drug-likeness (QED) is 0.630. The van der Waals surface area contributed by atoms with Gasteiger partial charge in [0.1, 0.15) is 0 Å². The number of nitrogens with two attached hydrogens (primary N) is 1. The summed E-state index contributed by atoms with van der Waals surface area (Å²) in [4.78, 5) is 11.8. The van der Waals surface area contributed by atoms with Crippen molar-refractivity contribution in [1.29, 1.82) is 0 Å². The van der Waals surface area contributed by atoms with E-state index in [2.05, 4.69) is 5.32 Å². The molecule has 3 N–H and O–H groups in total. The second kappa shape index (κ2) is 6.34. The molecular formula is C14H20N2O4S. The molecule has 1 fully saturated rings. The molecule has 0 saturated carbocycles. The molecular weight excluding hydrogens is 292 g/mol. The van der Waals surface area contributed by atoms with Crippen LogP contribution in [0.25, 0.3) is 0 Å². The average Bonchev–Trinajstić information content (AvgIpc) is 2.77. The van der Waals surface area contributed by atoms with Gasteiger partial charge >= 0.3 is 5.97 Å². The highest BCUT2D eigenvalue weighted by Gasteiger charge is 2.31. The van der Waals surface area contributed by atoms with Gasteiger partial charge in [-0.3, -0.25) is 0 Å². The van der Waals surface area contributed by atoms with Crippen LogP contribution in [0.4, 0.5) is 11.4 Å². The summed E-state index contributed by atoms with van der Waals surface area (Å²) in [5.74, 6) is -0.232. The lowest BCUT2D eigenvalue weighted by Gasteiger charge is -2.15. The van der Waals surface area contributed by atoms with Crippen LogP contribution < -0.4 is 11.1 Å². The predicted molar refractivity (Wildman–Crippen MR) is 82.1 cm³/mol. The summed E-state index contributed by atoms with van der Waals surface area (Å²) in [6.07, 6.45) is 1.36. The van der Waals surface area contributed by atoms with Gasteiger partial charge in [0.2, 0.25) is 0 Å². The minimum Gasteiger partial charge on any atom is -0.462 e. The first-order valence-electron chi connectivity index (χ1n) is 6.96. The number of nitrogen functional groups attached to an aromatic ring is 1. The molecule has 0 aliphatic carbocycles. The van der Waals surface area contributed by atoms with Gasteiger partial charge in [-0.25, -0.2) is 13.2 Å². The second-order valence-corrected chi connectivity index (χ2v) is 7.40. The van der Waals surface area contributed by atoms with Crippen molar-refractivity contribution in [2.75, 3.05) is 30.0 Å². The third-order valence-corrected chi connectivity index (χ3v) is 5.86. The number of para-hydroxylation sites is 1. The zero-order valence-electron chi connectivity index (χ0n) is 12.0. The molecule has 0 spiro atoms. The third-order valence-electron chi connectivity index (χ3n) is 3.58. The molecule has 1 unspecified atom stereocenters. The first-order chi connectivity index (χ1) is 9.95. The molecule has 0 aromatic heterocycles. The number of benzene rings is 1. The molecule has 116 valence electrons. The van der Waals surface area contributed by atoms with Gasteiger partial charge in [0.25, 0.3) is 0 Å². The lowest BCUT2D eigenvalue weighted by Crippen LogP contribution is -2.25. The summed E-state index contributed by atoms with van der Waals surface area (Å²) >= 11 is 0. The third kappa shape index (κ3) is 3.47. The molecule has 0 bridgehead atoms. The number of rotatable bonds is 5. The molecule has 1 aliphatic heterocycles. The Bertz CT molecular complexity index is 628. The van der Waals surface area contributed by atoms with E-state index in [0.717, 1.165) is 0 Å². The zero-order chi connectivity index (χ0) is 15.5. The normalized spacial score (nSPS) is 20.1. The van der Waals surface area contributed by atoms with Gasteiger partial charge in [-0.05, 0) is 31.9 Å². The number of carbonyl (C=O) groups excluding carboxylic acids is 1. The monoisotopic (exact) mass is 312 g/mol. The second-order valence-electron chi connectivity index (χ2n) is 5.00. The van der Waals surface area contributed by atoms with E-state index < -0.39 is 15.8 Å². The first kappa shape index (κ1) is 15.6. The van der Waals surface area contributed by atoms with Crippen LogP contribution in [0.2, 0.25) is 0 Å². The number of hydrogen-bond acceptors (Lipinski definition) is 6. The van der Waals surface area contributed by atoms with E-state index in [-0.39, 0.29) is 28.9 Å². The van der Waals surface area contributed by atoms with Gasteiger partial charge in [0.05, 0.1) is 34.5 Å². The fourth-order valence-corrected chi connectivity index (χ4v) is 4.18. The molecule has 1 aromatic rings. The van der Waals surface area contributed by atoms with Gasteiger partial charge < -0.3 is 15.8 Å². The molecule has 2 rings (SSSR count). The van der Waals surface area contributed by atoms with Crippen LogP contribution in [0.3, 0.4) is 0 Å². The Kier molecular flexibility index (Phi) is 4.72. The Morgan fingerprint density at radius 3 is 2.86 bits per heavy atom. The van der Waals surface area contributed by atoms with E-state index >= 15 is 0 Å². The standard InChI is InChI=1S/C14H20N2O4S/c1-2-20-14(17)11-6-3-7-12(13(11)15)16-9-10-5-4-8-21(10,18)19/h3,6-7,10,16H,2,4-5,8-9,15H2,1H3. The minimum atomic E-state index is -3.00. The number of anilines is 2. The molecule has 7 heteroatoms. The van der Waals surface area contributed by atoms with Crippen LogP contribution in [-0.4, -0.2) is 38.5 Å². The molecule has 1 heterocycles. The fourth-order valence-electron chi connectivity index (χ4n) is 2.42. The lowest BCUT2D eigenvalue weighted by molar-refractivity contribution is 0.0527. The highest BCUT2D eigenvalue weighted by atomic mass is 32.2. The van der Waals surface area contributed by atoms with Crippen LogP contribution in [0, 0.1) is 0 Å². The number of nitrogens with one attached hydrogen (secondary N) is 1. The topological polar surface area (TPSA) is 98.5 Å². The van der Waals surface area contributed by atoms with Crippen LogP contribution in [-0.2, 0) is 14.6 Å². The molecule has 1 aliphatic rings. The van der Waals surface area contributed by atoms with E-state index in [1.807, 2.05) is 0 Å². The fraction of sp³-hybridized carbons (Fsp3) is 0.500. The number of ether oxygens (including phenoxy) is 1. The molecule has 1 saturated heterocycles. The maximum absolute atomic E-state index is 11.8. The number of carbonyl (C=O) groups is 1. The molecule has 0 amide bonds. The van der Waals surface area contributed by atoms with Crippen molar-refractivity contribution in [3.05, 3.63) is 23.8 Å². The molecule has 1 atom stereocenters. The number of sulfone groups is 1. The van der Waals surface area contributed by atoms with Crippen molar-refractivity contribution >= 4 is 27.2 Å². The Labute approximate surface area is 124 Å². The highest BCUT2D eigenvalue weighted by Crippen LogP contribution is 2.25. The van der Waals surface area contributed by atoms with Gasteiger partial charge in [-0.2, -0.15) is 0 Å². The molecule has 1 aromatic carbocycles. The Hall–Kier alpha value is -1.76. The summed E-state index contributed by atoms with van der Waals surface area (Å²) in [6.45, 7) is 2.30. The van der Waals surface area contributed by atoms with Crippen LogP contribution in [0.1, 0.15) is 30.1 Å². The highest BCUT2D eigenvalue weighted by molar-refractivity contribution is 7.92. The summed E-state index contributed by atoms with van der Waals surface area (Å²) < 4.78 is 28.5. The SMILES string of the molecule is CCOC(=O)c1cccc(NCC2CCCS2(=O)=O)c1N. The summed E-state index contributed by atoms with van der Waals surface area (Å²) in [7, 11) is -3.00. The van der Waals surface area contributed by atoms with Crippen LogP contribution in [0.5, 0.6) is 0 Å². The first-order valence-corrected chi connectivity index (χ1v) is 8.68. The van der Waals surface area contributed by atoms with Gasteiger partial charge in [0, 0.05) is 6.54 Å². The van der Waals surface area contributed by atoms with Gasteiger partial charge in [0.15, 0.2) is 9.84 Å². The molecule has 6 nitrogen and oxygen atoms in total. The van der Waals surface area contributed by atoms with Crippen molar-refractivity contribution in [2.24, 2.45) is 0 Å². The maximum Gasteiger partial charge on any atom is 0.340 e. The van der Waals surface area contributed by atoms with E-state index in [1.54, 1.807) is 25.1 Å². The summed E-state index contributed by atoms with van der Waals surface area (Å²) in [6, 6.07) is 5.00. The van der Waals surface area contributed by atoms with E-state index in [1.165, 1.54) is 0 Å². The maximum atomic E-state index is 11.8. The van der Waals surface area contributed by atoms with Crippen molar-refractivity contribution in [2.45, 2.75) is 25.0 Å². The van der Waals surface area contributed by atoms with Crippen LogP contribution in [0.15, 0.2) is 18.2 Å². The van der Waals surface area contributed by atoms with Crippen molar-refractivity contribution in [1.82, 2.24) is 0 Å². The Morgan fingerprint density at radius 2 is 2.24 bits per heavy atom. The predicted octanol–water partition coefficient (Wildman–Crippen LogP) is 1.43. The number of hydrogen-bond donors (Lipinski definition) is 2. The van der Waals surface area contributed by atoms with E-state index in [4.69, 9.17) is 10.5 Å². The summed E-state index contributed by atoms with van der Waals surface area (Å²) in [5.41, 5.74) is 7.08. The Morgan fingerprint density at radius 1 is 1.48 bits per heavy atom. The zero-order valence-corrected chi connectivity index (χ0v) is 12.8.